The Balaban J connectivity index is 0.000000338. The molecular formula is C19H43N5. The van der Waals surface area contributed by atoms with Crippen molar-refractivity contribution in [2.24, 2.45) is 5.84 Å². The zero-order valence-corrected chi connectivity index (χ0v) is 16.9. The van der Waals surface area contributed by atoms with E-state index in [9.17, 15) is 0 Å². The van der Waals surface area contributed by atoms with Crippen molar-refractivity contribution in [3.8, 4) is 0 Å². The summed E-state index contributed by atoms with van der Waals surface area (Å²) in [7, 11) is 2.25. The summed E-state index contributed by atoms with van der Waals surface area (Å²) in [4.78, 5) is 2.52. The van der Waals surface area contributed by atoms with Crippen LogP contribution in [0.4, 0.5) is 0 Å². The monoisotopic (exact) mass is 341 g/mol. The van der Waals surface area contributed by atoms with Crippen molar-refractivity contribution in [1.29, 1.82) is 0 Å². The number of likely N-dealkylation sites (N-methyl/N-ethyl adjacent to an activating group) is 1. The SMILES string of the molecule is C=C.CC.CC.CN1C2CCC1CNC2.NN1CC2CCC(C1)N2. The van der Waals surface area contributed by atoms with Gasteiger partial charge in [0.25, 0.3) is 0 Å². The predicted octanol–water partition coefficient (Wildman–Crippen LogP) is 2.20. The summed E-state index contributed by atoms with van der Waals surface area (Å²) in [5, 5.41) is 8.86. The molecule has 5 nitrogen and oxygen atoms in total. The molecule has 4 fully saturated rings. The van der Waals surface area contributed by atoms with Gasteiger partial charge in [-0.15, -0.1) is 13.2 Å². The van der Waals surface area contributed by atoms with Gasteiger partial charge in [0, 0.05) is 50.3 Å². The van der Waals surface area contributed by atoms with E-state index in [2.05, 4.69) is 35.7 Å². The Morgan fingerprint density at radius 3 is 1.62 bits per heavy atom. The number of nitrogens with zero attached hydrogens (tertiary/aromatic N) is 2. The van der Waals surface area contributed by atoms with Crippen LogP contribution in [0.15, 0.2) is 13.2 Å². The van der Waals surface area contributed by atoms with Crippen LogP contribution in [0.25, 0.3) is 0 Å². The maximum atomic E-state index is 5.65. The van der Waals surface area contributed by atoms with Gasteiger partial charge in [0.15, 0.2) is 0 Å². The van der Waals surface area contributed by atoms with E-state index in [0.29, 0.717) is 12.1 Å². The third kappa shape index (κ3) is 7.19. The van der Waals surface area contributed by atoms with Crippen molar-refractivity contribution in [3.05, 3.63) is 13.2 Å². The number of rotatable bonds is 0. The normalized spacial score (nSPS) is 33.4. The minimum absolute atomic E-state index is 0.689. The number of hydrazine groups is 1. The molecule has 4 rings (SSSR count). The number of hydrogen-bond donors (Lipinski definition) is 3. The first-order valence-electron chi connectivity index (χ1n) is 9.90. The number of piperazine rings is 2. The average Bonchev–Trinajstić information content (AvgIpc) is 3.05. The van der Waals surface area contributed by atoms with Crippen LogP contribution in [0.1, 0.15) is 53.4 Å². The second-order valence-corrected chi connectivity index (χ2v) is 6.30. The minimum atomic E-state index is 0.689. The maximum Gasteiger partial charge on any atom is 0.0283 e. The van der Waals surface area contributed by atoms with E-state index in [0.717, 1.165) is 25.2 Å². The zero-order valence-electron chi connectivity index (χ0n) is 16.9. The van der Waals surface area contributed by atoms with Crippen molar-refractivity contribution in [2.45, 2.75) is 77.5 Å². The van der Waals surface area contributed by atoms with Gasteiger partial charge in [-0.2, -0.15) is 0 Å². The maximum absolute atomic E-state index is 5.65. The molecule has 0 amide bonds. The Kier molecular flexibility index (Phi) is 13.5. The molecule has 4 atom stereocenters. The molecule has 0 aromatic rings. The summed E-state index contributed by atoms with van der Waals surface area (Å²) in [5.41, 5.74) is 0. The summed E-state index contributed by atoms with van der Waals surface area (Å²) in [6.07, 6.45) is 5.46. The molecule has 0 aliphatic carbocycles. The van der Waals surface area contributed by atoms with Gasteiger partial charge >= 0.3 is 0 Å². The summed E-state index contributed by atoms with van der Waals surface area (Å²) in [6.45, 7) is 18.5. The van der Waals surface area contributed by atoms with Gasteiger partial charge in [0.2, 0.25) is 0 Å². The number of nitrogens with two attached hydrogens (primary N) is 1. The topological polar surface area (TPSA) is 56.6 Å². The van der Waals surface area contributed by atoms with Gasteiger partial charge in [-0.05, 0) is 32.7 Å². The molecule has 0 saturated carbocycles. The van der Waals surface area contributed by atoms with Gasteiger partial charge < -0.3 is 10.6 Å². The zero-order chi connectivity index (χ0) is 18.5. The predicted molar refractivity (Wildman–Crippen MR) is 107 cm³/mol. The molecule has 4 saturated heterocycles. The molecular weight excluding hydrogens is 298 g/mol. The molecule has 4 unspecified atom stereocenters. The molecule has 24 heavy (non-hydrogen) atoms. The van der Waals surface area contributed by atoms with Crippen LogP contribution < -0.4 is 16.5 Å². The fraction of sp³-hybridized carbons (Fsp3) is 0.895. The molecule has 144 valence electrons. The van der Waals surface area contributed by atoms with E-state index in [1.54, 1.807) is 0 Å². The molecule has 4 heterocycles. The lowest BCUT2D eigenvalue weighted by Crippen LogP contribution is -2.53. The highest BCUT2D eigenvalue weighted by Gasteiger charge is 2.33. The lowest BCUT2D eigenvalue weighted by molar-refractivity contribution is 0.193. The molecule has 4 bridgehead atoms. The van der Waals surface area contributed by atoms with Crippen LogP contribution in [0.2, 0.25) is 0 Å². The molecule has 0 radical (unpaired) electrons. The minimum Gasteiger partial charge on any atom is -0.314 e. The average molecular weight is 342 g/mol. The first kappa shape index (κ1) is 23.5. The Morgan fingerprint density at radius 2 is 1.25 bits per heavy atom. The van der Waals surface area contributed by atoms with Crippen molar-refractivity contribution in [2.75, 3.05) is 33.2 Å². The smallest absolute Gasteiger partial charge is 0.0283 e. The Labute approximate surface area is 151 Å². The summed E-state index contributed by atoms with van der Waals surface area (Å²) in [6, 6.07) is 3.08. The summed E-state index contributed by atoms with van der Waals surface area (Å²) >= 11 is 0. The Hall–Kier alpha value is -0.460. The molecule has 0 spiro atoms. The van der Waals surface area contributed by atoms with Gasteiger partial charge in [0.05, 0.1) is 0 Å². The molecule has 4 aliphatic rings. The van der Waals surface area contributed by atoms with E-state index in [1.807, 2.05) is 32.7 Å². The van der Waals surface area contributed by atoms with E-state index >= 15 is 0 Å². The van der Waals surface area contributed by atoms with E-state index in [4.69, 9.17) is 5.84 Å². The molecule has 4 aliphatic heterocycles. The molecule has 0 aromatic heterocycles. The fourth-order valence-corrected chi connectivity index (χ4v) is 3.83. The van der Waals surface area contributed by atoms with E-state index < -0.39 is 0 Å². The third-order valence-corrected chi connectivity index (χ3v) is 4.99. The van der Waals surface area contributed by atoms with E-state index in [1.165, 1.54) is 38.8 Å². The fourth-order valence-electron chi connectivity index (χ4n) is 3.83. The second kappa shape index (κ2) is 13.8. The van der Waals surface area contributed by atoms with Crippen LogP contribution in [-0.2, 0) is 0 Å². The summed E-state index contributed by atoms with van der Waals surface area (Å²) < 4.78 is 0. The van der Waals surface area contributed by atoms with Crippen molar-refractivity contribution >= 4 is 0 Å². The lowest BCUT2D eigenvalue weighted by Gasteiger charge is -2.31. The highest BCUT2D eigenvalue weighted by atomic mass is 15.4. The number of fused-ring (bicyclic) bond motifs is 4. The van der Waals surface area contributed by atoms with Crippen molar-refractivity contribution < 1.29 is 0 Å². The number of nitrogens with one attached hydrogen (secondary N) is 2. The molecule has 5 heteroatoms. The highest BCUT2D eigenvalue weighted by molar-refractivity contribution is 4.92. The largest absolute Gasteiger partial charge is 0.314 e. The highest BCUT2D eigenvalue weighted by Crippen LogP contribution is 2.23. The van der Waals surface area contributed by atoms with Crippen LogP contribution in [0.5, 0.6) is 0 Å². The van der Waals surface area contributed by atoms with Gasteiger partial charge in [-0.25, -0.2) is 5.01 Å². The molecule has 0 aromatic carbocycles. The number of hydrogen-bond acceptors (Lipinski definition) is 5. The van der Waals surface area contributed by atoms with Gasteiger partial charge in [0.1, 0.15) is 0 Å². The van der Waals surface area contributed by atoms with Crippen molar-refractivity contribution in [3.63, 3.8) is 0 Å². The van der Waals surface area contributed by atoms with Crippen LogP contribution in [-0.4, -0.2) is 67.3 Å². The first-order chi connectivity index (χ1) is 11.7. The second-order valence-electron chi connectivity index (χ2n) is 6.30. The third-order valence-electron chi connectivity index (χ3n) is 4.99. The first-order valence-corrected chi connectivity index (χ1v) is 9.90. The van der Waals surface area contributed by atoms with E-state index in [-0.39, 0.29) is 0 Å². The Morgan fingerprint density at radius 1 is 0.833 bits per heavy atom. The Bertz CT molecular complexity index is 271. The van der Waals surface area contributed by atoms with Crippen LogP contribution in [0, 0.1) is 0 Å². The van der Waals surface area contributed by atoms with Crippen molar-refractivity contribution in [1.82, 2.24) is 20.5 Å². The van der Waals surface area contributed by atoms with Gasteiger partial charge in [-0.1, -0.05) is 27.7 Å². The van der Waals surface area contributed by atoms with Crippen LogP contribution in [0.3, 0.4) is 0 Å². The quantitative estimate of drug-likeness (QED) is 0.466. The standard InChI is InChI=1S/C7H14N2.C6H13N3.2C2H6.C2H4/c1-9-6-2-3-7(9)5-8-4-6;7-9-3-5-1-2-6(4-9)8-5;3*1-2/h6-8H,2-5H2,1H3;5-6,8H,1-4,7H2;2*1-2H3;1-2H2. The summed E-state index contributed by atoms with van der Waals surface area (Å²) in [5.74, 6) is 5.65. The lowest BCUT2D eigenvalue weighted by atomic mass is 10.2. The molecule has 4 N–H and O–H groups in total. The van der Waals surface area contributed by atoms with Crippen LogP contribution >= 0.6 is 0 Å². The van der Waals surface area contributed by atoms with Gasteiger partial charge in [-0.3, -0.25) is 10.7 Å².